The number of halogens is 1. The van der Waals surface area contributed by atoms with Crippen molar-refractivity contribution in [2.24, 2.45) is 0 Å². The third kappa shape index (κ3) is 6.11. The minimum atomic E-state index is -0.462. The Bertz CT molecular complexity index is 735. The Balaban J connectivity index is 1.83. The highest BCUT2D eigenvalue weighted by Gasteiger charge is 2.11. The molecular formula is C18H19BrN2O4. The van der Waals surface area contributed by atoms with Gasteiger partial charge in [-0.1, -0.05) is 18.2 Å². The molecule has 7 heteroatoms. The van der Waals surface area contributed by atoms with Gasteiger partial charge in [0.25, 0.3) is 11.8 Å². The van der Waals surface area contributed by atoms with E-state index in [0.29, 0.717) is 21.5 Å². The van der Waals surface area contributed by atoms with Gasteiger partial charge in [0.2, 0.25) is 0 Å². The number of hydrogen-bond donors (Lipinski definition) is 2. The quantitative estimate of drug-likeness (QED) is 0.722. The van der Waals surface area contributed by atoms with Crippen LogP contribution >= 0.6 is 15.9 Å². The van der Waals surface area contributed by atoms with Crippen LogP contribution < -0.4 is 20.3 Å². The van der Waals surface area contributed by atoms with E-state index in [2.05, 4.69) is 26.8 Å². The molecule has 2 N–H and O–H groups in total. The summed E-state index contributed by atoms with van der Waals surface area (Å²) in [6, 6.07) is 13.9. The largest absolute Gasteiger partial charge is 0.490 e. The fourth-order valence-corrected chi connectivity index (χ4v) is 2.36. The number of ether oxygens (including phenoxy) is 2. The zero-order chi connectivity index (χ0) is 18.2. The molecule has 25 heavy (non-hydrogen) atoms. The number of amides is 2. The van der Waals surface area contributed by atoms with Gasteiger partial charge in [-0.25, -0.2) is 0 Å². The molecule has 2 rings (SSSR count). The average Bonchev–Trinajstić information content (AvgIpc) is 2.60. The smallest absolute Gasteiger partial charge is 0.276 e. The van der Waals surface area contributed by atoms with Crippen LogP contribution in [-0.4, -0.2) is 24.5 Å². The minimum Gasteiger partial charge on any atom is -0.490 e. The predicted molar refractivity (Wildman–Crippen MR) is 97.5 cm³/mol. The molecule has 0 heterocycles. The third-order valence-electron chi connectivity index (χ3n) is 2.99. The summed E-state index contributed by atoms with van der Waals surface area (Å²) in [6.07, 6.45) is 0.0277. The second-order valence-electron chi connectivity index (χ2n) is 5.42. The van der Waals surface area contributed by atoms with Gasteiger partial charge >= 0.3 is 0 Å². The first-order valence-electron chi connectivity index (χ1n) is 7.69. The number of carbonyl (C=O) groups excluding carboxylic acids is 2. The van der Waals surface area contributed by atoms with Gasteiger partial charge < -0.3 is 9.47 Å². The lowest BCUT2D eigenvalue weighted by Gasteiger charge is -2.13. The van der Waals surface area contributed by atoms with E-state index in [-0.39, 0.29) is 12.7 Å². The first kappa shape index (κ1) is 18.8. The lowest BCUT2D eigenvalue weighted by molar-refractivity contribution is -0.123. The van der Waals surface area contributed by atoms with E-state index >= 15 is 0 Å². The van der Waals surface area contributed by atoms with Crippen LogP contribution in [-0.2, 0) is 4.79 Å². The summed E-state index contributed by atoms with van der Waals surface area (Å²) in [5.41, 5.74) is 5.03. The van der Waals surface area contributed by atoms with Gasteiger partial charge in [-0.3, -0.25) is 20.4 Å². The van der Waals surface area contributed by atoms with E-state index in [4.69, 9.17) is 9.47 Å². The Morgan fingerprint density at radius 2 is 1.80 bits per heavy atom. The number of hydrazine groups is 1. The highest BCUT2D eigenvalue weighted by atomic mass is 79.9. The van der Waals surface area contributed by atoms with Crippen LogP contribution in [0, 0.1) is 0 Å². The summed E-state index contributed by atoms with van der Waals surface area (Å²) in [4.78, 5) is 23.8. The molecule has 2 aromatic carbocycles. The molecule has 0 saturated heterocycles. The van der Waals surface area contributed by atoms with Gasteiger partial charge in [0.05, 0.1) is 10.6 Å². The van der Waals surface area contributed by atoms with Crippen LogP contribution in [0.2, 0.25) is 0 Å². The number of carbonyl (C=O) groups is 2. The Kier molecular flexibility index (Phi) is 6.82. The van der Waals surface area contributed by atoms with Crippen molar-refractivity contribution < 1.29 is 19.1 Å². The predicted octanol–water partition coefficient (Wildman–Crippen LogP) is 3.08. The molecule has 0 unspecified atom stereocenters. The Morgan fingerprint density at radius 1 is 1.08 bits per heavy atom. The van der Waals surface area contributed by atoms with Crippen molar-refractivity contribution in [3.05, 3.63) is 58.6 Å². The maximum Gasteiger partial charge on any atom is 0.276 e. The van der Waals surface area contributed by atoms with Gasteiger partial charge in [-0.15, -0.1) is 0 Å². The summed E-state index contributed by atoms with van der Waals surface area (Å²) in [6.45, 7) is 3.63. The molecule has 0 aliphatic carbocycles. The highest BCUT2D eigenvalue weighted by molar-refractivity contribution is 9.10. The summed E-state index contributed by atoms with van der Waals surface area (Å²) >= 11 is 3.36. The van der Waals surface area contributed by atoms with Crippen LogP contribution in [0.25, 0.3) is 0 Å². The van der Waals surface area contributed by atoms with Crippen LogP contribution in [0.15, 0.2) is 53.0 Å². The van der Waals surface area contributed by atoms with Gasteiger partial charge in [0.15, 0.2) is 6.61 Å². The average molecular weight is 407 g/mol. The molecule has 0 aromatic heterocycles. The van der Waals surface area contributed by atoms with Crippen molar-refractivity contribution >= 4 is 27.7 Å². The van der Waals surface area contributed by atoms with Crippen LogP contribution in [0.4, 0.5) is 0 Å². The van der Waals surface area contributed by atoms with E-state index in [9.17, 15) is 9.59 Å². The molecule has 0 aliphatic heterocycles. The van der Waals surface area contributed by atoms with Gasteiger partial charge in [-0.05, 0) is 60.1 Å². The maximum atomic E-state index is 12.1. The topological polar surface area (TPSA) is 76.7 Å². The van der Waals surface area contributed by atoms with E-state index < -0.39 is 11.8 Å². The molecule has 0 atom stereocenters. The summed E-state index contributed by atoms with van der Waals surface area (Å²) in [7, 11) is 0. The molecule has 2 aromatic rings. The second kappa shape index (κ2) is 9.08. The zero-order valence-electron chi connectivity index (χ0n) is 13.9. The molecule has 0 saturated carbocycles. The van der Waals surface area contributed by atoms with Crippen molar-refractivity contribution in [2.75, 3.05) is 6.61 Å². The van der Waals surface area contributed by atoms with Crippen LogP contribution in [0.5, 0.6) is 11.5 Å². The van der Waals surface area contributed by atoms with Crippen molar-refractivity contribution in [3.8, 4) is 11.5 Å². The molecule has 0 fully saturated rings. The maximum absolute atomic E-state index is 12.1. The zero-order valence-corrected chi connectivity index (χ0v) is 15.5. The lowest BCUT2D eigenvalue weighted by atomic mass is 10.2. The van der Waals surface area contributed by atoms with E-state index in [1.807, 2.05) is 19.9 Å². The summed E-state index contributed by atoms with van der Waals surface area (Å²) in [5, 5.41) is 0. The Hall–Kier alpha value is -2.54. The molecule has 132 valence electrons. The van der Waals surface area contributed by atoms with Crippen molar-refractivity contribution in [1.29, 1.82) is 0 Å². The van der Waals surface area contributed by atoms with Crippen molar-refractivity contribution in [1.82, 2.24) is 10.9 Å². The third-order valence-corrected chi connectivity index (χ3v) is 3.61. The van der Waals surface area contributed by atoms with Crippen molar-refractivity contribution in [3.63, 3.8) is 0 Å². The summed E-state index contributed by atoms with van der Waals surface area (Å²) < 4.78 is 11.5. The van der Waals surface area contributed by atoms with Crippen LogP contribution in [0.3, 0.4) is 0 Å². The lowest BCUT2D eigenvalue weighted by Crippen LogP contribution is -2.43. The number of rotatable bonds is 6. The molecule has 6 nitrogen and oxygen atoms in total. The number of para-hydroxylation sites is 1. The molecule has 0 radical (unpaired) electrons. The van der Waals surface area contributed by atoms with Gasteiger partial charge in [-0.2, -0.15) is 0 Å². The molecular weight excluding hydrogens is 388 g/mol. The van der Waals surface area contributed by atoms with E-state index in [1.165, 1.54) is 0 Å². The second-order valence-corrected chi connectivity index (χ2v) is 6.27. The highest BCUT2D eigenvalue weighted by Crippen LogP contribution is 2.26. The minimum absolute atomic E-state index is 0.0277. The van der Waals surface area contributed by atoms with Crippen molar-refractivity contribution in [2.45, 2.75) is 20.0 Å². The van der Waals surface area contributed by atoms with E-state index in [0.717, 1.165) is 0 Å². The van der Waals surface area contributed by atoms with Gasteiger partial charge in [0, 0.05) is 5.56 Å². The number of nitrogens with one attached hydrogen (secondary N) is 2. The normalized spacial score (nSPS) is 10.2. The number of hydrogen-bond acceptors (Lipinski definition) is 4. The Morgan fingerprint density at radius 3 is 2.44 bits per heavy atom. The molecule has 2 amide bonds. The fourth-order valence-electron chi connectivity index (χ4n) is 1.89. The standard InChI is InChI=1S/C18H19BrN2O4/c1-12(2)25-16-9-8-13(10-15(16)19)18(23)21-20-17(22)11-24-14-6-4-3-5-7-14/h3-10,12H,11H2,1-2H3,(H,20,22)(H,21,23). The first-order valence-corrected chi connectivity index (χ1v) is 8.48. The SMILES string of the molecule is CC(C)Oc1ccc(C(=O)NNC(=O)COc2ccccc2)cc1Br. The summed E-state index contributed by atoms with van der Waals surface area (Å²) in [5.74, 6) is 0.321. The van der Waals surface area contributed by atoms with E-state index in [1.54, 1.807) is 42.5 Å². The number of benzene rings is 2. The monoisotopic (exact) mass is 406 g/mol. The first-order chi connectivity index (χ1) is 12.0. The van der Waals surface area contributed by atoms with Crippen LogP contribution in [0.1, 0.15) is 24.2 Å². The molecule has 0 aliphatic rings. The molecule has 0 spiro atoms. The fraction of sp³-hybridized carbons (Fsp3) is 0.222. The van der Waals surface area contributed by atoms with Gasteiger partial charge in [0.1, 0.15) is 11.5 Å². The Labute approximate surface area is 154 Å². The molecule has 0 bridgehead atoms.